The third-order valence-corrected chi connectivity index (χ3v) is 0.0962. The van der Waals surface area contributed by atoms with E-state index in [4.69, 9.17) is 14.7 Å². The quantitative estimate of drug-likeness (QED) is 0.256. The highest BCUT2D eigenvalue weighted by molar-refractivity contribution is 6.17. The first-order chi connectivity index (χ1) is 2.27. The van der Waals surface area contributed by atoms with Crippen LogP contribution in [0.5, 0.6) is 0 Å². The van der Waals surface area contributed by atoms with Gasteiger partial charge in [0.05, 0.1) is 0 Å². The summed E-state index contributed by atoms with van der Waals surface area (Å²) in [5.74, 6) is -1.68. The first kappa shape index (κ1) is 8.92. The molecule has 0 aliphatic carbocycles. The second-order valence-corrected chi connectivity index (χ2v) is 0.437. The standard InChI is InChI=1S/C2H2O3.H2O/c3-1-2(4)5;/h1H,(H,4,5);1H2/p-1. The van der Waals surface area contributed by atoms with E-state index in [2.05, 4.69) is 0 Å². The van der Waals surface area contributed by atoms with E-state index >= 15 is 0 Å². The molecule has 0 atom stereocenters. The number of hydrogen-bond donors (Lipinski definition) is 0. The van der Waals surface area contributed by atoms with E-state index in [1.165, 1.54) is 0 Å². The lowest BCUT2D eigenvalue weighted by atomic mass is 10.8. The average molecular weight is 91.0 g/mol. The molecule has 4 nitrogen and oxygen atoms in total. The maximum atomic E-state index is 8.89. The number of hydrogen-bond acceptors (Lipinski definition) is 3. The predicted octanol–water partition coefficient (Wildman–Crippen LogP) is -2.89. The Labute approximate surface area is 33.7 Å². The molecule has 0 bridgehead atoms. The third kappa shape index (κ3) is 11.3. The zero-order valence-electron chi connectivity index (χ0n) is 2.80. The Hall–Kier alpha value is -0.900. The van der Waals surface area contributed by atoms with Crippen LogP contribution in [0.2, 0.25) is 0 Å². The zero-order chi connectivity index (χ0) is 4.28. The molecular weight excluding hydrogens is 88.0 g/mol. The van der Waals surface area contributed by atoms with Gasteiger partial charge in [0.1, 0.15) is 5.97 Å². The second-order valence-electron chi connectivity index (χ2n) is 0.437. The van der Waals surface area contributed by atoms with Gasteiger partial charge in [0.25, 0.3) is 0 Å². The molecule has 36 valence electrons. The van der Waals surface area contributed by atoms with Crippen LogP contribution in [-0.4, -0.2) is 17.7 Å². The highest BCUT2D eigenvalue weighted by atomic mass is 16.4. The summed E-state index contributed by atoms with van der Waals surface area (Å²) >= 11 is 0. The number of rotatable bonds is 1. The molecule has 0 amide bonds. The van der Waals surface area contributed by atoms with Gasteiger partial charge in [-0.2, -0.15) is 0 Å². The van der Waals surface area contributed by atoms with Crippen LogP contribution in [0.25, 0.3) is 0 Å². The minimum absolute atomic E-state index is 0. The number of carboxylic acid groups (broad SMARTS) is 1. The molecular formula is C2H3O4-. The van der Waals surface area contributed by atoms with E-state index in [1.54, 1.807) is 0 Å². The molecule has 0 aliphatic heterocycles. The van der Waals surface area contributed by atoms with E-state index in [1.807, 2.05) is 0 Å². The van der Waals surface area contributed by atoms with E-state index in [0.29, 0.717) is 0 Å². The first-order valence-electron chi connectivity index (χ1n) is 0.933. The molecule has 0 rings (SSSR count). The maximum absolute atomic E-state index is 8.89. The minimum Gasteiger partial charge on any atom is -0.542 e. The van der Waals surface area contributed by atoms with Gasteiger partial charge in [-0.05, 0) is 0 Å². The van der Waals surface area contributed by atoms with Crippen LogP contribution in [0.1, 0.15) is 0 Å². The highest BCUT2D eigenvalue weighted by Crippen LogP contribution is 1.28. The van der Waals surface area contributed by atoms with Gasteiger partial charge >= 0.3 is 0 Å². The van der Waals surface area contributed by atoms with Gasteiger partial charge in [0.2, 0.25) is 0 Å². The van der Waals surface area contributed by atoms with Crippen molar-refractivity contribution >= 4 is 12.3 Å². The number of carbonyl (C=O) groups is 2. The minimum atomic E-state index is -1.68. The molecule has 2 N–H and O–H groups in total. The van der Waals surface area contributed by atoms with Crippen molar-refractivity contribution in [3.63, 3.8) is 0 Å². The topological polar surface area (TPSA) is 88.7 Å². The van der Waals surface area contributed by atoms with Crippen molar-refractivity contribution in [2.75, 3.05) is 0 Å². The molecule has 0 aromatic rings. The molecule has 0 saturated carbocycles. The van der Waals surface area contributed by atoms with Crippen molar-refractivity contribution in [1.29, 1.82) is 0 Å². The van der Waals surface area contributed by atoms with Crippen molar-refractivity contribution in [3.8, 4) is 0 Å². The summed E-state index contributed by atoms with van der Waals surface area (Å²) in [6, 6.07) is 0. The molecule has 4 heteroatoms. The summed E-state index contributed by atoms with van der Waals surface area (Å²) in [7, 11) is 0. The van der Waals surface area contributed by atoms with E-state index in [-0.39, 0.29) is 11.8 Å². The van der Waals surface area contributed by atoms with Gasteiger partial charge in [-0.3, -0.25) is 4.79 Å². The Morgan fingerprint density at radius 2 is 1.83 bits per heavy atom. The van der Waals surface area contributed by atoms with Crippen molar-refractivity contribution in [3.05, 3.63) is 0 Å². The molecule has 0 saturated heterocycles. The monoisotopic (exact) mass is 91.0 g/mol. The van der Waals surface area contributed by atoms with Crippen molar-refractivity contribution in [2.24, 2.45) is 0 Å². The van der Waals surface area contributed by atoms with Gasteiger partial charge in [-0.1, -0.05) is 0 Å². The molecule has 0 fully saturated rings. The first-order valence-corrected chi connectivity index (χ1v) is 0.933. The number of aldehydes is 1. The zero-order valence-corrected chi connectivity index (χ0v) is 2.80. The summed E-state index contributed by atoms with van der Waals surface area (Å²) in [5.41, 5.74) is 0. The second kappa shape index (κ2) is 4.10. The van der Waals surface area contributed by atoms with E-state index < -0.39 is 5.97 Å². The van der Waals surface area contributed by atoms with Crippen molar-refractivity contribution in [1.82, 2.24) is 0 Å². The van der Waals surface area contributed by atoms with Gasteiger partial charge in [0, 0.05) is 0 Å². The van der Waals surface area contributed by atoms with E-state index in [9.17, 15) is 0 Å². The average Bonchev–Trinajstić information content (AvgIpc) is 1.38. The fourth-order valence-electron chi connectivity index (χ4n) is 0. The van der Waals surface area contributed by atoms with Crippen LogP contribution >= 0.6 is 0 Å². The predicted molar refractivity (Wildman–Crippen MR) is 14.7 cm³/mol. The van der Waals surface area contributed by atoms with Gasteiger partial charge < -0.3 is 15.4 Å². The van der Waals surface area contributed by atoms with Crippen LogP contribution in [0.4, 0.5) is 0 Å². The summed E-state index contributed by atoms with van der Waals surface area (Å²) in [6.07, 6.45) is -0.278. The van der Waals surface area contributed by atoms with Gasteiger partial charge in [0.15, 0.2) is 6.29 Å². The van der Waals surface area contributed by atoms with Gasteiger partial charge in [-0.15, -0.1) is 0 Å². The smallest absolute Gasteiger partial charge is 0.165 e. The Morgan fingerprint density at radius 3 is 1.83 bits per heavy atom. The summed E-state index contributed by atoms with van der Waals surface area (Å²) < 4.78 is 0. The maximum Gasteiger partial charge on any atom is 0.165 e. The fourth-order valence-corrected chi connectivity index (χ4v) is 0. The molecule has 6 heavy (non-hydrogen) atoms. The highest BCUT2D eigenvalue weighted by Gasteiger charge is 1.63. The van der Waals surface area contributed by atoms with Crippen LogP contribution < -0.4 is 5.11 Å². The van der Waals surface area contributed by atoms with Crippen LogP contribution in [0, 0.1) is 0 Å². The number of aliphatic carboxylic acids is 1. The molecule has 0 aliphatic rings. The summed E-state index contributed by atoms with van der Waals surface area (Å²) in [4.78, 5) is 17.7. The van der Waals surface area contributed by atoms with Crippen LogP contribution in [0.15, 0.2) is 0 Å². The largest absolute Gasteiger partial charge is 0.542 e. The summed E-state index contributed by atoms with van der Waals surface area (Å²) in [5, 5.41) is 8.89. The Morgan fingerprint density at radius 1 is 1.67 bits per heavy atom. The van der Waals surface area contributed by atoms with Gasteiger partial charge in [-0.25, -0.2) is 0 Å². The molecule has 0 aromatic carbocycles. The van der Waals surface area contributed by atoms with Crippen molar-refractivity contribution < 1.29 is 20.2 Å². The molecule has 0 spiro atoms. The molecule has 0 unspecified atom stereocenters. The Balaban J connectivity index is 0. The Bertz CT molecular complexity index is 56.6. The van der Waals surface area contributed by atoms with Crippen molar-refractivity contribution in [2.45, 2.75) is 0 Å². The molecule has 0 heterocycles. The van der Waals surface area contributed by atoms with E-state index in [0.717, 1.165) is 0 Å². The SMILES string of the molecule is O.O=CC(=O)[O-]. The Kier molecular flexibility index (Phi) is 6.10. The molecule has 0 radical (unpaired) electrons. The lowest BCUT2D eigenvalue weighted by Crippen LogP contribution is -2.22. The number of carbonyl (C=O) groups excluding carboxylic acids is 2. The number of carboxylic acids is 1. The third-order valence-electron chi connectivity index (χ3n) is 0.0962. The lowest BCUT2D eigenvalue weighted by Gasteiger charge is -1.76. The van der Waals surface area contributed by atoms with Crippen LogP contribution in [0.3, 0.4) is 0 Å². The lowest BCUT2D eigenvalue weighted by molar-refractivity contribution is -0.298. The summed E-state index contributed by atoms with van der Waals surface area (Å²) in [6.45, 7) is 0. The van der Waals surface area contributed by atoms with Crippen LogP contribution in [-0.2, 0) is 9.59 Å². The normalized spacial score (nSPS) is 5.33. The molecule has 0 aromatic heterocycles. The fraction of sp³-hybridized carbons (Fsp3) is 0.